The summed E-state index contributed by atoms with van der Waals surface area (Å²) in [6, 6.07) is 15.1. The quantitative estimate of drug-likeness (QED) is 0.620. The maximum absolute atomic E-state index is 12.5. The van der Waals surface area contributed by atoms with Gasteiger partial charge in [0.05, 0.1) is 23.5 Å². The van der Waals surface area contributed by atoms with Gasteiger partial charge in [0.15, 0.2) is 0 Å². The Bertz CT molecular complexity index is 1040. The molecule has 2 heterocycles. The second kappa shape index (κ2) is 7.05. The van der Waals surface area contributed by atoms with Crippen molar-refractivity contribution >= 4 is 29.0 Å². The number of hydrogen-bond acceptors (Lipinski definition) is 5. The molecule has 3 aromatic rings. The summed E-state index contributed by atoms with van der Waals surface area (Å²) in [5.41, 5.74) is 3.76. The molecule has 1 aromatic heterocycles. The summed E-state index contributed by atoms with van der Waals surface area (Å²) in [6.07, 6.45) is 2.68. The Balaban J connectivity index is 1.51. The van der Waals surface area contributed by atoms with Gasteiger partial charge in [0, 0.05) is 13.6 Å². The fourth-order valence-electron chi connectivity index (χ4n) is 2.93. The van der Waals surface area contributed by atoms with Crippen molar-refractivity contribution in [1.29, 1.82) is 0 Å². The number of aliphatic imine (C=N–C) groups is 1. The third kappa shape index (κ3) is 3.45. The van der Waals surface area contributed by atoms with Gasteiger partial charge < -0.3 is 15.4 Å². The van der Waals surface area contributed by atoms with Crippen molar-refractivity contribution in [1.82, 2.24) is 20.2 Å². The number of amides is 1. The van der Waals surface area contributed by atoms with Gasteiger partial charge >= 0.3 is 0 Å². The first-order valence-electron chi connectivity index (χ1n) is 8.60. The molecule has 2 aromatic carbocycles. The fourth-order valence-corrected chi connectivity index (χ4v) is 2.93. The van der Waals surface area contributed by atoms with Crippen molar-refractivity contribution in [3.8, 4) is 0 Å². The number of aliphatic hydroxyl groups excluding tert-OH is 1. The molecular formula is C20H19N5O2. The number of aliphatic hydroxyl groups is 1. The highest BCUT2D eigenvalue weighted by Crippen LogP contribution is 2.19. The number of fused-ring (bicyclic) bond motifs is 1. The van der Waals surface area contributed by atoms with Crippen LogP contribution in [0.5, 0.6) is 0 Å². The Morgan fingerprint density at radius 3 is 2.89 bits per heavy atom. The van der Waals surface area contributed by atoms with Gasteiger partial charge in [0.1, 0.15) is 5.70 Å². The van der Waals surface area contributed by atoms with Gasteiger partial charge in [-0.2, -0.15) is 0 Å². The second-order valence-electron chi connectivity index (χ2n) is 6.32. The fraction of sp³-hybridized carbons (Fsp3) is 0.150. The smallest absolute Gasteiger partial charge is 0.279 e. The third-order valence-electron chi connectivity index (χ3n) is 4.45. The maximum atomic E-state index is 12.5. The number of rotatable bonds is 4. The Morgan fingerprint density at radius 2 is 2.07 bits per heavy atom. The van der Waals surface area contributed by atoms with Gasteiger partial charge in [-0.15, -0.1) is 0 Å². The molecule has 0 spiro atoms. The average molecular weight is 361 g/mol. The van der Waals surface area contributed by atoms with Crippen molar-refractivity contribution < 1.29 is 9.90 Å². The van der Waals surface area contributed by atoms with Gasteiger partial charge in [-0.3, -0.25) is 9.69 Å². The molecule has 1 aliphatic heterocycles. The highest BCUT2D eigenvalue weighted by molar-refractivity contribution is 6.13. The van der Waals surface area contributed by atoms with Crippen LogP contribution in [0.25, 0.3) is 17.1 Å². The molecule has 7 heteroatoms. The molecule has 0 radical (unpaired) electrons. The van der Waals surface area contributed by atoms with E-state index in [0.717, 1.165) is 22.2 Å². The van der Waals surface area contributed by atoms with Crippen LogP contribution in [0.4, 0.5) is 0 Å². The van der Waals surface area contributed by atoms with E-state index >= 15 is 0 Å². The molecule has 4 rings (SSSR count). The maximum Gasteiger partial charge on any atom is 0.279 e. The SMILES string of the molecule is CN1C(=O)/C(=C/c2ccc3[nH]cnc3c2)N=C1NCC(O)c1ccccc1. The van der Waals surface area contributed by atoms with Crippen molar-refractivity contribution in [3.63, 3.8) is 0 Å². The first-order valence-corrected chi connectivity index (χ1v) is 8.60. The predicted octanol–water partition coefficient (Wildman–Crippen LogP) is 2.05. The summed E-state index contributed by atoms with van der Waals surface area (Å²) in [6.45, 7) is 0.257. The Kier molecular flexibility index (Phi) is 4.43. The normalized spacial score (nSPS) is 16.8. The average Bonchev–Trinajstić information content (AvgIpc) is 3.26. The summed E-state index contributed by atoms with van der Waals surface area (Å²) < 4.78 is 0. The van der Waals surface area contributed by atoms with Gasteiger partial charge in [-0.1, -0.05) is 36.4 Å². The van der Waals surface area contributed by atoms with E-state index in [1.807, 2.05) is 48.5 Å². The molecule has 0 aliphatic carbocycles. The molecule has 0 fully saturated rings. The van der Waals surface area contributed by atoms with Crippen LogP contribution in [0.1, 0.15) is 17.2 Å². The van der Waals surface area contributed by atoms with E-state index in [9.17, 15) is 9.90 Å². The highest BCUT2D eigenvalue weighted by Gasteiger charge is 2.27. The standard InChI is InChI=1S/C20H19N5O2/c1-25-19(27)17(10-13-7-8-15-16(9-13)23-12-22-15)24-20(25)21-11-18(26)14-5-3-2-4-6-14/h2-10,12,18,26H,11H2,1H3,(H,21,24)(H,22,23)/b17-10-. The van der Waals surface area contributed by atoms with E-state index in [1.165, 1.54) is 4.90 Å². The van der Waals surface area contributed by atoms with Crippen LogP contribution in [-0.4, -0.2) is 45.4 Å². The molecule has 1 aliphatic rings. The molecular weight excluding hydrogens is 342 g/mol. The second-order valence-corrected chi connectivity index (χ2v) is 6.32. The van der Waals surface area contributed by atoms with Crippen molar-refractivity contribution in [2.45, 2.75) is 6.10 Å². The number of nitrogens with zero attached hydrogens (tertiary/aromatic N) is 3. The van der Waals surface area contributed by atoms with Crippen molar-refractivity contribution in [3.05, 3.63) is 71.7 Å². The molecule has 136 valence electrons. The number of carbonyl (C=O) groups excluding carboxylic acids is 1. The van der Waals surface area contributed by atoms with E-state index in [4.69, 9.17) is 0 Å². The molecule has 1 amide bonds. The number of carbonyl (C=O) groups is 1. The zero-order valence-corrected chi connectivity index (χ0v) is 14.8. The lowest BCUT2D eigenvalue weighted by molar-refractivity contribution is -0.121. The van der Waals surface area contributed by atoms with E-state index < -0.39 is 6.10 Å². The summed E-state index contributed by atoms with van der Waals surface area (Å²) in [5.74, 6) is 0.218. The monoisotopic (exact) mass is 361 g/mol. The summed E-state index contributed by atoms with van der Waals surface area (Å²) in [5, 5.41) is 13.3. The van der Waals surface area contributed by atoms with E-state index in [2.05, 4.69) is 20.3 Å². The lowest BCUT2D eigenvalue weighted by Gasteiger charge is -2.16. The number of H-pyrrole nitrogens is 1. The number of aromatic nitrogens is 2. The molecule has 1 unspecified atom stereocenters. The zero-order valence-electron chi connectivity index (χ0n) is 14.8. The van der Waals surface area contributed by atoms with E-state index in [-0.39, 0.29) is 12.5 Å². The highest BCUT2D eigenvalue weighted by atomic mass is 16.3. The number of imidazole rings is 1. The topological polar surface area (TPSA) is 93.6 Å². The van der Waals surface area contributed by atoms with Crippen LogP contribution in [0.3, 0.4) is 0 Å². The van der Waals surface area contributed by atoms with Crippen molar-refractivity contribution in [2.75, 3.05) is 13.6 Å². The molecule has 7 nitrogen and oxygen atoms in total. The predicted molar refractivity (Wildman–Crippen MR) is 104 cm³/mol. The number of nitrogens with one attached hydrogen (secondary N) is 2. The lowest BCUT2D eigenvalue weighted by atomic mass is 10.1. The minimum absolute atomic E-state index is 0.200. The first-order chi connectivity index (χ1) is 13.1. The molecule has 1 atom stereocenters. The van der Waals surface area contributed by atoms with Crippen LogP contribution >= 0.6 is 0 Å². The minimum atomic E-state index is -0.687. The van der Waals surface area contributed by atoms with Gasteiger partial charge in [-0.25, -0.2) is 9.98 Å². The van der Waals surface area contributed by atoms with Crippen LogP contribution in [0, 0.1) is 0 Å². The molecule has 0 saturated carbocycles. The number of guanidine groups is 1. The van der Waals surface area contributed by atoms with Crippen LogP contribution in [-0.2, 0) is 4.79 Å². The lowest BCUT2D eigenvalue weighted by Crippen LogP contribution is -2.39. The molecule has 3 N–H and O–H groups in total. The molecule has 27 heavy (non-hydrogen) atoms. The van der Waals surface area contributed by atoms with Crippen molar-refractivity contribution in [2.24, 2.45) is 4.99 Å². The number of hydrogen-bond donors (Lipinski definition) is 3. The number of benzene rings is 2. The summed E-state index contributed by atoms with van der Waals surface area (Å²) >= 11 is 0. The van der Waals surface area contributed by atoms with Crippen LogP contribution < -0.4 is 5.32 Å². The minimum Gasteiger partial charge on any atom is -0.387 e. The van der Waals surface area contributed by atoms with Gasteiger partial charge in [0.25, 0.3) is 5.91 Å². The number of likely N-dealkylation sites (N-methyl/N-ethyl adjacent to an activating group) is 1. The Labute approximate surface area is 156 Å². The molecule has 0 bridgehead atoms. The summed E-state index contributed by atoms with van der Waals surface area (Å²) in [4.78, 5) is 25.6. The molecule has 0 saturated heterocycles. The number of aromatic amines is 1. The summed E-state index contributed by atoms with van der Waals surface area (Å²) in [7, 11) is 1.65. The third-order valence-corrected chi connectivity index (χ3v) is 4.45. The largest absolute Gasteiger partial charge is 0.387 e. The van der Waals surface area contributed by atoms with E-state index in [1.54, 1.807) is 19.5 Å². The Hall–Kier alpha value is -3.45. The van der Waals surface area contributed by atoms with Crippen LogP contribution in [0.2, 0.25) is 0 Å². The van der Waals surface area contributed by atoms with Crippen LogP contribution in [0.15, 0.2) is 65.5 Å². The van der Waals surface area contributed by atoms with Gasteiger partial charge in [0.2, 0.25) is 5.96 Å². The van der Waals surface area contributed by atoms with E-state index in [0.29, 0.717) is 11.7 Å². The van der Waals surface area contributed by atoms with Gasteiger partial charge in [-0.05, 0) is 29.3 Å². The Morgan fingerprint density at radius 1 is 1.26 bits per heavy atom. The first kappa shape index (κ1) is 17.0. The zero-order chi connectivity index (χ0) is 18.8.